The Labute approximate surface area is 109 Å². The Morgan fingerprint density at radius 1 is 1.17 bits per heavy atom. The van der Waals surface area contributed by atoms with Crippen LogP contribution in [0.4, 0.5) is 0 Å². The highest BCUT2D eigenvalue weighted by atomic mass is 16.1. The number of carbonyl (C=O) groups is 1. The largest absolute Gasteiger partial charge is 0.294 e. The first-order valence-electron chi connectivity index (χ1n) is 6.65. The van der Waals surface area contributed by atoms with Crippen molar-refractivity contribution in [2.75, 3.05) is 0 Å². The molecule has 1 aromatic rings. The van der Waals surface area contributed by atoms with Crippen molar-refractivity contribution in [3.8, 4) is 0 Å². The second-order valence-electron chi connectivity index (χ2n) is 5.30. The lowest BCUT2D eigenvalue weighted by molar-refractivity contribution is -0.113. The number of carbonyl (C=O) groups excluding carboxylic acids is 1. The van der Waals surface area contributed by atoms with Crippen LogP contribution in [-0.4, -0.2) is 5.78 Å². The van der Waals surface area contributed by atoms with Crippen LogP contribution >= 0.6 is 0 Å². The molecule has 0 amide bonds. The second kappa shape index (κ2) is 5.81. The molecule has 1 aliphatic carbocycles. The van der Waals surface area contributed by atoms with Gasteiger partial charge in [-0.15, -0.1) is 0 Å². The fourth-order valence-electron chi connectivity index (χ4n) is 2.08. The van der Waals surface area contributed by atoms with Crippen molar-refractivity contribution in [1.29, 1.82) is 0 Å². The molecule has 0 saturated carbocycles. The SMILES string of the molecule is CC(C)CCc1ccc(C2=CC(=O)CC=C2)cc1. The maximum atomic E-state index is 11.4. The van der Waals surface area contributed by atoms with Gasteiger partial charge in [-0.05, 0) is 41.5 Å². The summed E-state index contributed by atoms with van der Waals surface area (Å²) in [6.07, 6.45) is 8.60. The number of rotatable bonds is 4. The predicted octanol–water partition coefficient (Wildman–Crippen LogP) is 4.19. The Bertz CT molecular complexity index is 475. The van der Waals surface area contributed by atoms with Crippen molar-refractivity contribution in [3.63, 3.8) is 0 Å². The van der Waals surface area contributed by atoms with Gasteiger partial charge in [-0.2, -0.15) is 0 Å². The Balaban J connectivity index is 2.08. The smallest absolute Gasteiger partial charge is 0.160 e. The first-order valence-corrected chi connectivity index (χ1v) is 6.65. The molecule has 0 N–H and O–H groups in total. The molecule has 0 radical (unpaired) electrons. The maximum absolute atomic E-state index is 11.4. The van der Waals surface area contributed by atoms with Crippen LogP contribution in [0.1, 0.15) is 37.8 Å². The summed E-state index contributed by atoms with van der Waals surface area (Å²) in [5.74, 6) is 0.933. The van der Waals surface area contributed by atoms with E-state index in [0.717, 1.165) is 23.5 Å². The summed E-state index contributed by atoms with van der Waals surface area (Å²) in [5.41, 5.74) is 3.54. The average Bonchev–Trinajstić information content (AvgIpc) is 2.37. The molecular weight excluding hydrogens is 220 g/mol. The van der Waals surface area contributed by atoms with Crippen molar-refractivity contribution in [2.24, 2.45) is 5.92 Å². The third-order valence-corrected chi connectivity index (χ3v) is 3.23. The summed E-state index contributed by atoms with van der Waals surface area (Å²) in [6, 6.07) is 8.58. The Hall–Kier alpha value is -1.63. The highest BCUT2D eigenvalue weighted by molar-refractivity contribution is 6.01. The van der Waals surface area contributed by atoms with E-state index in [1.54, 1.807) is 6.08 Å². The summed E-state index contributed by atoms with van der Waals surface area (Å²) in [6.45, 7) is 4.50. The van der Waals surface area contributed by atoms with Crippen LogP contribution in [-0.2, 0) is 11.2 Å². The van der Waals surface area contributed by atoms with Crippen molar-refractivity contribution in [2.45, 2.75) is 33.1 Å². The van der Waals surface area contributed by atoms with E-state index in [1.807, 2.05) is 12.2 Å². The zero-order valence-corrected chi connectivity index (χ0v) is 11.1. The normalized spacial score (nSPS) is 15.1. The number of hydrogen-bond acceptors (Lipinski definition) is 1. The maximum Gasteiger partial charge on any atom is 0.160 e. The van der Waals surface area contributed by atoms with E-state index in [4.69, 9.17) is 0 Å². The molecule has 1 nitrogen and oxygen atoms in total. The minimum absolute atomic E-state index is 0.191. The monoisotopic (exact) mass is 240 g/mol. The second-order valence-corrected chi connectivity index (χ2v) is 5.30. The number of aryl methyl sites for hydroxylation is 1. The van der Waals surface area contributed by atoms with Gasteiger partial charge in [0.05, 0.1) is 0 Å². The molecule has 0 fully saturated rings. The Morgan fingerprint density at radius 3 is 2.50 bits per heavy atom. The van der Waals surface area contributed by atoms with Gasteiger partial charge in [-0.1, -0.05) is 50.3 Å². The first kappa shape index (κ1) is 12.8. The molecule has 1 aromatic carbocycles. The molecule has 1 heteroatoms. The summed E-state index contributed by atoms with van der Waals surface area (Å²) in [4.78, 5) is 11.4. The standard InChI is InChI=1S/C17H20O/c1-13(2)6-7-14-8-10-15(11-9-14)16-4-3-5-17(18)12-16/h3-4,8-13H,5-7H2,1-2H3. The summed E-state index contributed by atoms with van der Waals surface area (Å²) in [7, 11) is 0. The zero-order chi connectivity index (χ0) is 13.0. The van der Waals surface area contributed by atoms with Crippen LogP contribution < -0.4 is 0 Å². The fourth-order valence-corrected chi connectivity index (χ4v) is 2.08. The summed E-state index contributed by atoms with van der Waals surface area (Å²) < 4.78 is 0. The zero-order valence-electron chi connectivity index (χ0n) is 11.1. The van der Waals surface area contributed by atoms with E-state index >= 15 is 0 Å². The number of allylic oxidation sites excluding steroid dienone is 4. The van der Waals surface area contributed by atoms with Gasteiger partial charge in [-0.3, -0.25) is 4.79 Å². The van der Waals surface area contributed by atoms with E-state index < -0.39 is 0 Å². The van der Waals surface area contributed by atoms with E-state index in [1.165, 1.54) is 12.0 Å². The molecule has 2 rings (SSSR count). The molecule has 94 valence electrons. The number of ketones is 1. The number of benzene rings is 1. The molecule has 0 aliphatic heterocycles. The van der Waals surface area contributed by atoms with Gasteiger partial charge in [-0.25, -0.2) is 0 Å². The van der Waals surface area contributed by atoms with Crippen LogP contribution in [0.25, 0.3) is 5.57 Å². The molecule has 0 spiro atoms. The molecule has 0 unspecified atom stereocenters. The Kier molecular flexibility index (Phi) is 4.14. The lowest BCUT2D eigenvalue weighted by Gasteiger charge is -2.08. The minimum atomic E-state index is 0.191. The molecule has 18 heavy (non-hydrogen) atoms. The molecule has 0 bridgehead atoms. The third-order valence-electron chi connectivity index (χ3n) is 3.23. The van der Waals surface area contributed by atoms with Crippen LogP contribution in [0.2, 0.25) is 0 Å². The predicted molar refractivity (Wildman–Crippen MR) is 76.3 cm³/mol. The van der Waals surface area contributed by atoms with Crippen LogP contribution in [0.5, 0.6) is 0 Å². The van der Waals surface area contributed by atoms with Gasteiger partial charge in [0.15, 0.2) is 5.78 Å². The van der Waals surface area contributed by atoms with Crippen molar-refractivity contribution >= 4 is 11.4 Å². The first-order chi connectivity index (χ1) is 8.65. The molecule has 0 aromatic heterocycles. The highest BCUT2D eigenvalue weighted by Gasteiger charge is 2.06. The summed E-state index contributed by atoms with van der Waals surface area (Å²) >= 11 is 0. The van der Waals surface area contributed by atoms with E-state index in [9.17, 15) is 4.79 Å². The van der Waals surface area contributed by atoms with Crippen molar-refractivity contribution in [3.05, 3.63) is 53.6 Å². The quantitative estimate of drug-likeness (QED) is 0.771. The van der Waals surface area contributed by atoms with Gasteiger partial charge in [0.2, 0.25) is 0 Å². The lowest BCUT2D eigenvalue weighted by atomic mass is 9.96. The topological polar surface area (TPSA) is 17.1 Å². The van der Waals surface area contributed by atoms with Gasteiger partial charge < -0.3 is 0 Å². The molecular formula is C17H20O. The molecule has 1 aliphatic rings. The van der Waals surface area contributed by atoms with Crippen molar-refractivity contribution in [1.82, 2.24) is 0 Å². The fraction of sp³-hybridized carbons (Fsp3) is 0.353. The molecule has 0 saturated heterocycles. The lowest BCUT2D eigenvalue weighted by Crippen LogP contribution is -1.97. The van der Waals surface area contributed by atoms with E-state index in [-0.39, 0.29) is 5.78 Å². The van der Waals surface area contributed by atoms with Gasteiger partial charge in [0, 0.05) is 6.42 Å². The molecule has 0 heterocycles. The van der Waals surface area contributed by atoms with Crippen LogP contribution in [0, 0.1) is 5.92 Å². The van der Waals surface area contributed by atoms with Crippen LogP contribution in [0.15, 0.2) is 42.5 Å². The Morgan fingerprint density at radius 2 is 1.89 bits per heavy atom. The van der Waals surface area contributed by atoms with Gasteiger partial charge in [0.1, 0.15) is 0 Å². The number of hydrogen-bond donors (Lipinski definition) is 0. The highest BCUT2D eigenvalue weighted by Crippen LogP contribution is 2.21. The molecule has 0 atom stereocenters. The van der Waals surface area contributed by atoms with E-state index in [2.05, 4.69) is 38.1 Å². The average molecular weight is 240 g/mol. The van der Waals surface area contributed by atoms with Crippen molar-refractivity contribution < 1.29 is 4.79 Å². The third kappa shape index (κ3) is 3.43. The van der Waals surface area contributed by atoms with E-state index in [0.29, 0.717) is 6.42 Å². The van der Waals surface area contributed by atoms with Gasteiger partial charge in [0.25, 0.3) is 0 Å². The minimum Gasteiger partial charge on any atom is -0.294 e. The van der Waals surface area contributed by atoms with Crippen LogP contribution in [0.3, 0.4) is 0 Å². The van der Waals surface area contributed by atoms with Gasteiger partial charge >= 0.3 is 0 Å². The summed E-state index contributed by atoms with van der Waals surface area (Å²) in [5, 5.41) is 0.